The second-order valence-electron chi connectivity index (χ2n) is 6.47. The maximum Gasteiger partial charge on any atom is 0.416 e. The van der Waals surface area contributed by atoms with Gasteiger partial charge in [-0.3, -0.25) is 4.79 Å². The van der Waals surface area contributed by atoms with Crippen molar-refractivity contribution in [2.24, 2.45) is 5.92 Å². The monoisotopic (exact) mass is 365 g/mol. The topological polar surface area (TPSA) is 38.3 Å². The minimum Gasteiger partial charge on any atom is -0.484 e. The fourth-order valence-electron chi connectivity index (χ4n) is 2.58. The molecule has 6 heteroatoms. The first-order valence-corrected chi connectivity index (χ1v) is 8.40. The molecule has 0 unspecified atom stereocenters. The molecule has 0 radical (unpaired) electrons. The summed E-state index contributed by atoms with van der Waals surface area (Å²) < 4.78 is 43.4. The molecule has 1 atom stereocenters. The van der Waals surface area contributed by atoms with Gasteiger partial charge in [0.25, 0.3) is 5.91 Å². The van der Waals surface area contributed by atoms with Crippen molar-refractivity contribution < 1.29 is 22.7 Å². The van der Waals surface area contributed by atoms with Gasteiger partial charge in [0, 0.05) is 0 Å². The number of alkyl halides is 3. The molecule has 0 bridgehead atoms. The molecule has 0 spiro atoms. The molecule has 0 heterocycles. The van der Waals surface area contributed by atoms with Gasteiger partial charge in [-0.15, -0.1) is 0 Å². The fraction of sp³-hybridized carbons (Fsp3) is 0.350. The van der Waals surface area contributed by atoms with Gasteiger partial charge in [0.05, 0.1) is 11.6 Å². The van der Waals surface area contributed by atoms with Gasteiger partial charge in [-0.2, -0.15) is 13.2 Å². The summed E-state index contributed by atoms with van der Waals surface area (Å²) in [4.78, 5) is 12.2. The van der Waals surface area contributed by atoms with Crippen LogP contribution in [0.1, 0.15) is 37.4 Å². The van der Waals surface area contributed by atoms with Crippen molar-refractivity contribution in [2.45, 2.75) is 32.5 Å². The third kappa shape index (κ3) is 6.10. The number of carbonyl (C=O) groups excluding carboxylic acids is 1. The number of ether oxygens (including phenoxy) is 1. The number of halogens is 3. The molecule has 0 aromatic heterocycles. The molecule has 1 amide bonds. The van der Waals surface area contributed by atoms with Gasteiger partial charge < -0.3 is 10.1 Å². The molecule has 2 aromatic rings. The summed E-state index contributed by atoms with van der Waals surface area (Å²) in [5.41, 5.74) is 0.172. The van der Waals surface area contributed by atoms with E-state index in [0.29, 0.717) is 5.92 Å². The first kappa shape index (κ1) is 19.8. The molecule has 0 aliphatic carbocycles. The first-order valence-electron chi connectivity index (χ1n) is 8.40. The number of hydrogen-bond acceptors (Lipinski definition) is 2. The Labute approximate surface area is 151 Å². The maximum absolute atomic E-state index is 12.7. The van der Waals surface area contributed by atoms with Crippen molar-refractivity contribution in [3.05, 3.63) is 65.7 Å². The first-order chi connectivity index (χ1) is 12.3. The van der Waals surface area contributed by atoms with Gasteiger partial charge in [0.2, 0.25) is 0 Å². The van der Waals surface area contributed by atoms with Crippen molar-refractivity contribution >= 4 is 5.91 Å². The lowest BCUT2D eigenvalue weighted by atomic mass is 9.97. The number of amides is 1. The molecule has 0 aliphatic rings. The van der Waals surface area contributed by atoms with Crippen molar-refractivity contribution in [1.29, 1.82) is 0 Å². The van der Waals surface area contributed by atoms with Crippen LogP contribution in [0.5, 0.6) is 5.75 Å². The van der Waals surface area contributed by atoms with Crippen molar-refractivity contribution in [3.8, 4) is 5.75 Å². The lowest BCUT2D eigenvalue weighted by molar-refractivity contribution is -0.137. The zero-order valence-electron chi connectivity index (χ0n) is 14.7. The van der Waals surface area contributed by atoms with E-state index in [-0.39, 0.29) is 24.3 Å². The Bertz CT molecular complexity index is 714. The number of carbonyl (C=O) groups is 1. The van der Waals surface area contributed by atoms with Gasteiger partial charge in [-0.1, -0.05) is 50.2 Å². The summed E-state index contributed by atoms with van der Waals surface area (Å²) in [6.45, 7) is 3.77. The van der Waals surface area contributed by atoms with Crippen LogP contribution in [0, 0.1) is 5.92 Å². The summed E-state index contributed by atoms with van der Waals surface area (Å²) in [7, 11) is 0. The van der Waals surface area contributed by atoms with Crippen LogP contribution >= 0.6 is 0 Å². The van der Waals surface area contributed by atoms with E-state index in [9.17, 15) is 18.0 Å². The maximum atomic E-state index is 12.7. The normalized spacial score (nSPS) is 12.7. The molecule has 2 aromatic carbocycles. The van der Waals surface area contributed by atoms with Crippen molar-refractivity contribution in [2.75, 3.05) is 6.61 Å². The summed E-state index contributed by atoms with van der Waals surface area (Å²) >= 11 is 0. The third-order valence-electron chi connectivity index (χ3n) is 3.78. The zero-order chi connectivity index (χ0) is 19.2. The molecule has 0 aliphatic heterocycles. The Morgan fingerprint density at radius 3 is 2.38 bits per heavy atom. The zero-order valence-corrected chi connectivity index (χ0v) is 14.7. The SMILES string of the molecule is CC(C)C[C@@H](NC(=O)COc1cccc(C(F)(F)F)c1)c1ccccc1. The van der Waals surface area contributed by atoms with E-state index in [1.165, 1.54) is 12.1 Å². The van der Waals surface area contributed by atoms with Gasteiger partial charge >= 0.3 is 6.18 Å². The molecule has 0 saturated heterocycles. The van der Waals surface area contributed by atoms with Crippen molar-refractivity contribution in [3.63, 3.8) is 0 Å². The van der Waals surface area contributed by atoms with Crippen LogP contribution in [0.2, 0.25) is 0 Å². The molecule has 0 saturated carbocycles. The van der Waals surface area contributed by atoms with Crippen LogP contribution in [-0.4, -0.2) is 12.5 Å². The third-order valence-corrected chi connectivity index (χ3v) is 3.78. The highest BCUT2D eigenvalue weighted by Gasteiger charge is 2.30. The smallest absolute Gasteiger partial charge is 0.416 e. The summed E-state index contributed by atoms with van der Waals surface area (Å²) in [6, 6.07) is 13.9. The number of benzene rings is 2. The lowest BCUT2D eigenvalue weighted by Crippen LogP contribution is -2.33. The van der Waals surface area contributed by atoms with E-state index >= 15 is 0 Å². The molecular weight excluding hydrogens is 343 g/mol. The average Bonchev–Trinajstić information content (AvgIpc) is 2.59. The van der Waals surface area contributed by atoms with Gasteiger partial charge in [0.15, 0.2) is 6.61 Å². The average molecular weight is 365 g/mol. The highest BCUT2D eigenvalue weighted by atomic mass is 19.4. The quantitative estimate of drug-likeness (QED) is 0.751. The van der Waals surface area contributed by atoms with E-state index in [4.69, 9.17) is 4.74 Å². The van der Waals surface area contributed by atoms with Crippen LogP contribution in [0.15, 0.2) is 54.6 Å². The van der Waals surface area contributed by atoms with E-state index in [2.05, 4.69) is 19.2 Å². The predicted molar refractivity (Wildman–Crippen MR) is 93.7 cm³/mol. The van der Waals surface area contributed by atoms with Crippen molar-refractivity contribution in [1.82, 2.24) is 5.32 Å². The molecule has 140 valence electrons. The van der Waals surface area contributed by atoms with E-state index in [1.54, 1.807) is 0 Å². The lowest BCUT2D eigenvalue weighted by Gasteiger charge is -2.21. The Morgan fingerprint density at radius 2 is 1.77 bits per heavy atom. The minimum absolute atomic E-state index is 0.00935. The van der Waals surface area contributed by atoms with Gasteiger partial charge in [-0.25, -0.2) is 0 Å². The second kappa shape index (κ2) is 8.74. The highest BCUT2D eigenvalue weighted by Crippen LogP contribution is 2.31. The Morgan fingerprint density at radius 1 is 1.08 bits per heavy atom. The predicted octanol–water partition coefficient (Wildman–Crippen LogP) is 4.99. The second-order valence-corrected chi connectivity index (χ2v) is 6.47. The van der Waals surface area contributed by atoms with Crippen LogP contribution in [0.3, 0.4) is 0 Å². The number of hydrogen-bond donors (Lipinski definition) is 1. The van der Waals surface area contributed by atoms with E-state index in [1.807, 2.05) is 30.3 Å². The Balaban J connectivity index is 1.98. The molecule has 3 nitrogen and oxygen atoms in total. The fourth-order valence-corrected chi connectivity index (χ4v) is 2.58. The van der Waals surface area contributed by atoms with Crippen LogP contribution in [-0.2, 0) is 11.0 Å². The Kier molecular flexibility index (Phi) is 6.66. The van der Waals surface area contributed by atoms with Crippen LogP contribution in [0.25, 0.3) is 0 Å². The molecule has 2 rings (SSSR count). The molecule has 1 N–H and O–H groups in total. The molecular formula is C20H22F3NO2. The summed E-state index contributed by atoms with van der Waals surface area (Å²) in [6.07, 6.45) is -3.70. The number of rotatable bonds is 7. The minimum atomic E-state index is -4.45. The van der Waals surface area contributed by atoms with Crippen LogP contribution < -0.4 is 10.1 Å². The Hall–Kier alpha value is -2.50. The highest BCUT2D eigenvalue weighted by molar-refractivity contribution is 5.78. The molecule has 26 heavy (non-hydrogen) atoms. The largest absolute Gasteiger partial charge is 0.484 e. The summed E-state index contributed by atoms with van der Waals surface area (Å²) in [5.74, 6) is -0.00287. The van der Waals surface area contributed by atoms with E-state index in [0.717, 1.165) is 24.1 Å². The van der Waals surface area contributed by atoms with Crippen LogP contribution in [0.4, 0.5) is 13.2 Å². The van der Waals surface area contributed by atoms with Gasteiger partial charge in [0.1, 0.15) is 5.75 Å². The van der Waals surface area contributed by atoms with Gasteiger partial charge in [-0.05, 0) is 36.1 Å². The summed E-state index contributed by atoms with van der Waals surface area (Å²) in [5, 5.41) is 2.89. The number of nitrogens with one attached hydrogen (secondary N) is 1. The standard InChI is InChI=1S/C20H22F3NO2/c1-14(2)11-18(15-7-4-3-5-8-15)24-19(25)13-26-17-10-6-9-16(12-17)20(21,22)23/h3-10,12,14,18H,11,13H2,1-2H3,(H,24,25)/t18-/m1/s1. The molecule has 0 fully saturated rings. The van der Waals surface area contributed by atoms with E-state index < -0.39 is 11.7 Å².